The van der Waals surface area contributed by atoms with E-state index in [9.17, 15) is 0 Å². The van der Waals surface area contributed by atoms with Crippen LogP contribution in [-0.2, 0) is 0 Å². The molecule has 1 aromatic carbocycles. The summed E-state index contributed by atoms with van der Waals surface area (Å²) in [6.45, 7) is 2.68. The van der Waals surface area contributed by atoms with Crippen LogP contribution in [0.15, 0.2) is 22.7 Å². The van der Waals surface area contributed by atoms with Gasteiger partial charge in [0.15, 0.2) is 0 Å². The molecule has 0 saturated heterocycles. The summed E-state index contributed by atoms with van der Waals surface area (Å²) in [6, 6.07) is 6.10. The molecule has 0 bridgehead atoms. The van der Waals surface area contributed by atoms with Crippen LogP contribution >= 0.6 is 15.9 Å². The van der Waals surface area contributed by atoms with Crippen LogP contribution in [-0.4, -0.2) is 6.54 Å². The van der Waals surface area contributed by atoms with Gasteiger partial charge in [-0.15, -0.1) is 0 Å². The molecular weight excluding hydrogens is 226 g/mol. The van der Waals surface area contributed by atoms with E-state index in [2.05, 4.69) is 40.8 Å². The molecule has 0 aliphatic heterocycles. The van der Waals surface area contributed by atoms with Crippen LogP contribution in [0.3, 0.4) is 0 Å². The topological polar surface area (TPSA) is 26.0 Å². The highest BCUT2D eigenvalue weighted by Crippen LogP contribution is 2.16. The third-order valence-corrected chi connectivity index (χ3v) is 2.53. The van der Waals surface area contributed by atoms with E-state index in [1.165, 1.54) is 5.56 Å². The van der Waals surface area contributed by atoms with E-state index in [-0.39, 0.29) is 0 Å². The second-order valence-electron chi connectivity index (χ2n) is 2.80. The van der Waals surface area contributed by atoms with Crippen LogP contribution in [0.5, 0.6) is 0 Å². The molecule has 0 amide bonds. The zero-order valence-electron chi connectivity index (χ0n) is 7.60. The smallest absolute Gasteiger partial charge is 0.0256 e. The summed E-state index contributed by atoms with van der Waals surface area (Å²) in [7, 11) is 0. The molecule has 1 nitrogen and oxygen atoms in total. The Morgan fingerprint density at radius 2 is 2.23 bits per heavy atom. The maximum Gasteiger partial charge on any atom is 0.0256 e. The fourth-order valence-electron chi connectivity index (χ4n) is 0.907. The molecule has 0 atom stereocenters. The van der Waals surface area contributed by atoms with Gasteiger partial charge in [0.05, 0.1) is 0 Å². The van der Waals surface area contributed by atoms with Gasteiger partial charge in [-0.1, -0.05) is 33.8 Å². The van der Waals surface area contributed by atoms with E-state index in [0.717, 1.165) is 16.5 Å². The molecule has 0 radical (unpaired) electrons. The Kier molecular flexibility index (Phi) is 4.01. The highest BCUT2D eigenvalue weighted by Gasteiger charge is 1.93. The van der Waals surface area contributed by atoms with Crippen molar-refractivity contribution < 1.29 is 0 Å². The average Bonchev–Trinajstić information content (AvgIpc) is 2.12. The van der Waals surface area contributed by atoms with E-state index >= 15 is 0 Å². The Morgan fingerprint density at radius 1 is 1.46 bits per heavy atom. The summed E-state index contributed by atoms with van der Waals surface area (Å²) in [5.41, 5.74) is 7.59. The van der Waals surface area contributed by atoms with Crippen molar-refractivity contribution in [3.8, 4) is 11.8 Å². The molecule has 13 heavy (non-hydrogen) atoms. The van der Waals surface area contributed by atoms with Gasteiger partial charge in [-0.25, -0.2) is 0 Å². The van der Waals surface area contributed by atoms with Crippen molar-refractivity contribution in [1.29, 1.82) is 0 Å². The summed E-state index contributed by atoms with van der Waals surface area (Å²) in [5, 5.41) is 0. The fraction of sp³-hybridized carbons (Fsp3) is 0.273. The molecule has 0 saturated carbocycles. The van der Waals surface area contributed by atoms with Gasteiger partial charge in [0.2, 0.25) is 0 Å². The summed E-state index contributed by atoms with van der Waals surface area (Å²) in [4.78, 5) is 0. The molecular formula is C11H12BrN. The van der Waals surface area contributed by atoms with Gasteiger partial charge in [0.25, 0.3) is 0 Å². The second kappa shape index (κ2) is 5.06. The molecule has 0 aliphatic rings. The Bertz CT molecular complexity index is 347. The standard InChI is InChI=1S/C11H12BrN/c1-9-5-6-10(8-11(9)12)4-2-3-7-13/h5-6,8H,3,7,13H2,1H3. The summed E-state index contributed by atoms with van der Waals surface area (Å²) >= 11 is 3.46. The lowest BCUT2D eigenvalue weighted by atomic mass is 10.1. The summed E-state index contributed by atoms with van der Waals surface area (Å²) in [5.74, 6) is 6.06. The van der Waals surface area contributed by atoms with E-state index < -0.39 is 0 Å². The molecule has 0 spiro atoms. The van der Waals surface area contributed by atoms with Gasteiger partial charge in [-0.3, -0.25) is 0 Å². The molecule has 68 valence electrons. The molecule has 0 unspecified atom stereocenters. The predicted octanol–water partition coefficient (Wildman–Crippen LogP) is 2.46. The van der Waals surface area contributed by atoms with Gasteiger partial charge >= 0.3 is 0 Å². The Labute approximate surface area is 87.5 Å². The first-order valence-electron chi connectivity index (χ1n) is 4.19. The lowest BCUT2D eigenvalue weighted by molar-refractivity contribution is 1.03. The molecule has 1 aromatic rings. The Balaban J connectivity index is 2.81. The maximum absolute atomic E-state index is 5.33. The van der Waals surface area contributed by atoms with Crippen molar-refractivity contribution in [3.63, 3.8) is 0 Å². The van der Waals surface area contributed by atoms with Crippen LogP contribution in [0.2, 0.25) is 0 Å². The quantitative estimate of drug-likeness (QED) is 0.747. The number of nitrogens with two attached hydrogens (primary N) is 1. The van der Waals surface area contributed by atoms with E-state index in [1.807, 2.05) is 12.1 Å². The van der Waals surface area contributed by atoms with Gasteiger partial charge in [0, 0.05) is 23.0 Å². The first-order chi connectivity index (χ1) is 6.24. The van der Waals surface area contributed by atoms with E-state index in [1.54, 1.807) is 0 Å². The average molecular weight is 238 g/mol. The van der Waals surface area contributed by atoms with Gasteiger partial charge in [-0.05, 0) is 24.6 Å². The lowest BCUT2D eigenvalue weighted by Crippen LogP contribution is -1.95. The monoisotopic (exact) mass is 237 g/mol. The first kappa shape index (κ1) is 10.3. The molecule has 2 heteroatoms. The minimum atomic E-state index is 0.625. The minimum Gasteiger partial charge on any atom is -0.330 e. The molecule has 0 aliphatic carbocycles. The number of benzene rings is 1. The largest absolute Gasteiger partial charge is 0.330 e. The highest BCUT2D eigenvalue weighted by molar-refractivity contribution is 9.10. The van der Waals surface area contributed by atoms with Crippen molar-refractivity contribution in [3.05, 3.63) is 33.8 Å². The summed E-state index contributed by atoms with van der Waals surface area (Å²) in [6.07, 6.45) is 0.755. The normalized spacial score (nSPS) is 9.15. The fourth-order valence-corrected chi connectivity index (χ4v) is 1.29. The van der Waals surface area contributed by atoms with Crippen LogP contribution in [0.4, 0.5) is 0 Å². The molecule has 2 N–H and O–H groups in total. The third kappa shape index (κ3) is 3.22. The van der Waals surface area contributed by atoms with Crippen molar-refractivity contribution in [2.24, 2.45) is 5.73 Å². The number of halogens is 1. The molecule has 0 heterocycles. The molecule has 1 rings (SSSR count). The number of hydrogen-bond donors (Lipinski definition) is 1. The predicted molar refractivity (Wildman–Crippen MR) is 59.4 cm³/mol. The van der Waals surface area contributed by atoms with Crippen LogP contribution in [0.1, 0.15) is 17.5 Å². The van der Waals surface area contributed by atoms with Crippen molar-refractivity contribution in [1.82, 2.24) is 0 Å². The van der Waals surface area contributed by atoms with E-state index in [4.69, 9.17) is 5.73 Å². The lowest BCUT2D eigenvalue weighted by Gasteiger charge is -1.96. The number of rotatable bonds is 1. The zero-order valence-corrected chi connectivity index (χ0v) is 9.19. The van der Waals surface area contributed by atoms with Gasteiger partial charge in [-0.2, -0.15) is 0 Å². The van der Waals surface area contributed by atoms with Crippen molar-refractivity contribution >= 4 is 15.9 Å². The third-order valence-electron chi connectivity index (χ3n) is 1.67. The maximum atomic E-state index is 5.33. The highest BCUT2D eigenvalue weighted by atomic mass is 79.9. The number of hydrogen-bond acceptors (Lipinski definition) is 1. The van der Waals surface area contributed by atoms with Crippen LogP contribution in [0.25, 0.3) is 0 Å². The Hall–Kier alpha value is -0.780. The zero-order chi connectivity index (χ0) is 9.68. The van der Waals surface area contributed by atoms with Gasteiger partial charge in [0.1, 0.15) is 0 Å². The van der Waals surface area contributed by atoms with E-state index in [0.29, 0.717) is 6.54 Å². The van der Waals surface area contributed by atoms with Crippen molar-refractivity contribution in [2.45, 2.75) is 13.3 Å². The summed E-state index contributed by atoms with van der Waals surface area (Å²) < 4.78 is 1.10. The van der Waals surface area contributed by atoms with Gasteiger partial charge < -0.3 is 5.73 Å². The molecule has 0 fully saturated rings. The van der Waals surface area contributed by atoms with Crippen molar-refractivity contribution in [2.75, 3.05) is 6.54 Å². The van der Waals surface area contributed by atoms with Crippen LogP contribution in [0, 0.1) is 18.8 Å². The van der Waals surface area contributed by atoms with Crippen LogP contribution < -0.4 is 5.73 Å². The first-order valence-corrected chi connectivity index (χ1v) is 4.98. The second-order valence-corrected chi connectivity index (χ2v) is 3.66. The minimum absolute atomic E-state index is 0.625. The molecule has 0 aromatic heterocycles. The Morgan fingerprint density at radius 3 is 2.85 bits per heavy atom. The SMILES string of the molecule is Cc1ccc(C#CCCN)cc1Br. The number of aryl methyl sites for hydroxylation is 1.